The zero-order chi connectivity index (χ0) is 13.2. The molecule has 0 N–H and O–H groups in total. The zero-order valence-corrected chi connectivity index (χ0v) is 12.9. The molecule has 0 atom stereocenters. The second-order valence-corrected chi connectivity index (χ2v) is 4.37. The molecule has 0 fully saturated rings. The topological polar surface area (TPSA) is 145 Å². The van der Waals surface area contributed by atoms with Crippen LogP contribution in [0.1, 0.15) is 0 Å². The van der Waals surface area contributed by atoms with Gasteiger partial charge in [-0.05, 0) is 0 Å². The number of phosphoric ester groups is 2. The Morgan fingerprint density at radius 3 is 1.18 bits per heavy atom. The largest absolute Gasteiger partial charge is 4.00 e. The van der Waals surface area contributed by atoms with Gasteiger partial charge in [0, 0.05) is 0 Å². The fraction of sp³-hybridized carbons (Fsp3) is 0.333. The Morgan fingerprint density at radius 1 is 0.882 bits per heavy atom. The first-order valence-corrected chi connectivity index (χ1v) is 6.59. The molecular weight excluding hydrogens is 353 g/mol. The molecule has 0 rings (SSSR count). The molecule has 0 spiro atoms. The fourth-order valence-electron chi connectivity index (χ4n) is 0.288. The summed E-state index contributed by atoms with van der Waals surface area (Å²) in [6.07, 6.45) is 2.37. The van der Waals surface area contributed by atoms with Gasteiger partial charge >= 0.3 is 26.2 Å². The van der Waals surface area contributed by atoms with Crippen LogP contribution in [0.2, 0.25) is 0 Å². The molecule has 96 valence electrons. The predicted octanol–water partition coefficient (Wildman–Crippen LogP) is -1.97. The molecule has 0 amide bonds. The maximum Gasteiger partial charge on any atom is 4.00 e. The minimum absolute atomic E-state index is 0. The SMILES string of the molecule is C=CCOP(=O)([O-])[O-].C=CCOP(=O)([O-])[O-].[Zr+4]. The second-order valence-electron chi connectivity index (χ2n) is 2.06. The van der Waals surface area contributed by atoms with E-state index in [0.29, 0.717) is 0 Å². The summed E-state index contributed by atoms with van der Waals surface area (Å²) < 4.78 is 26.6. The molecule has 0 aromatic heterocycles. The van der Waals surface area contributed by atoms with Crippen molar-refractivity contribution in [2.45, 2.75) is 0 Å². The van der Waals surface area contributed by atoms with Gasteiger partial charge in [-0.3, -0.25) is 0 Å². The van der Waals surface area contributed by atoms with E-state index < -0.39 is 15.6 Å². The van der Waals surface area contributed by atoms with Crippen LogP contribution in [0.3, 0.4) is 0 Å². The van der Waals surface area contributed by atoms with Gasteiger partial charge in [-0.1, -0.05) is 12.2 Å². The molecule has 11 heteroatoms. The summed E-state index contributed by atoms with van der Waals surface area (Å²) in [5.74, 6) is 0. The fourth-order valence-corrected chi connectivity index (χ4v) is 0.864. The molecule has 0 aliphatic carbocycles. The summed E-state index contributed by atoms with van der Waals surface area (Å²) in [4.78, 5) is 38.4. The second kappa shape index (κ2) is 11.7. The van der Waals surface area contributed by atoms with Crippen molar-refractivity contribution < 1.29 is 64.0 Å². The van der Waals surface area contributed by atoms with Gasteiger partial charge in [0.25, 0.3) is 0 Å². The van der Waals surface area contributed by atoms with Gasteiger partial charge in [0.2, 0.25) is 0 Å². The standard InChI is InChI=1S/2C3H7O4P.Zr/c2*1-2-3-7-8(4,5)6;/h2*2H,1,3H2,(H2,4,5,6);/q;;+4/p-4. The molecular formula is C6H10O8P2Zr. The van der Waals surface area contributed by atoms with Crippen LogP contribution in [0, 0.1) is 0 Å². The van der Waals surface area contributed by atoms with Crippen LogP contribution in [-0.2, 0) is 44.4 Å². The number of phosphoric acid groups is 2. The summed E-state index contributed by atoms with van der Waals surface area (Å²) in [5.41, 5.74) is 0. The van der Waals surface area contributed by atoms with Gasteiger partial charge in [0.05, 0.1) is 28.9 Å². The molecule has 0 aromatic carbocycles. The van der Waals surface area contributed by atoms with Gasteiger partial charge in [-0.15, -0.1) is 13.2 Å². The van der Waals surface area contributed by atoms with E-state index in [-0.39, 0.29) is 39.4 Å². The Kier molecular flexibility index (Phi) is 15.6. The maximum atomic E-state index is 9.59. The minimum Gasteiger partial charge on any atom is -0.790 e. The Hall–Kier alpha value is 0.583. The molecule has 0 aliphatic heterocycles. The first kappa shape index (κ1) is 22.7. The van der Waals surface area contributed by atoms with Gasteiger partial charge in [-0.2, -0.15) is 0 Å². The van der Waals surface area contributed by atoms with Crippen molar-refractivity contribution in [1.29, 1.82) is 0 Å². The third kappa shape index (κ3) is 31.5. The first-order chi connectivity index (χ1) is 7.12. The van der Waals surface area contributed by atoms with E-state index in [2.05, 4.69) is 22.2 Å². The Balaban J connectivity index is -0.000000218. The van der Waals surface area contributed by atoms with E-state index in [1.165, 1.54) is 12.2 Å². The van der Waals surface area contributed by atoms with Gasteiger partial charge in [0.1, 0.15) is 0 Å². The van der Waals surface area contributed by atoms with E-state index >= 15 is 0 Å². The molecule has 0 aliphatic rings. The quantitative estimate of drug-likeness (QED) is 0.390. The normalized spacial score (nSPS) is 10.6. The maximum absolute atomic E-state index is 9.59. The van der Waals surface area contributed by atoms with E-state index in [4.69, 9.17) is 0 Å². The molecule has 8 nitrogen and oxygen atoms in total. The zero-order valence-electron chi connectivity index (χ0n) is 8.64. The van der Waals surface area contributed by atoms with Crippen molar-refractivity contribution in [2.24, 2.45) is 0 Å². The van der Waals surface area contributed by atoms with Crippen molar-refractivity contribution in [1.82, 2.24) is 0 Å². The Labute approximate surface area is 118 Å². The molecule has 0 unspecified atom stereocenters. The van der Waals surface area contributed by atoms with Crippen LogP contribution >= 0.6 is 15.6 Å². The van der Waals surface area contributed by atoms with Crippen LogP contribution in [0.5, 0.6) is 0 Å². The third-order valence-corrected chi connectivity index (χ3v) is 1.63. The number of hydrogen-bond donors (Lipinski definition) is 0. The molecule has 0 heterocycles. The summed E-state index contributed by atoms with van der Waals surface area (Å²) in [6.45, 7) is 5.79. The molecule has 0 saturated heterocycles. The first-order valence-electron chi connectivity index (χ1n) is 3.67. The minimum atomic E-state index is -4.75. The summed E-state index contributed by atoms with van der Waals surface area (Å²) in [7, 11) is -9.51. The van der Waals surface area contributed by atoms with Crippen molar-refractivity contribution >= 4 is 15.6 Å². The number of rotatable bonds is 6. The van der Waals surface area contributed by atoms with E-state index in [1.807, 2.05) is 0 Å². The number of hydrogen-bond acceptors (Lipinski definition) is 8. The third-order valence-electron chi connectivity index (χ3n) is 0.701. The average Bonchev–Trinajstić information content (AvgIpc) is 2.10. The van der Waals surface area contributed by atoms with Gasteiger partial charge in [-0.25, -0.2) is 0 Å². The Bertz CT molecular complexity index is 264. The van der Waals surface area contributed by atoms with Crippen molar-refractivity contribution in [2.75, 3.05) is 13.2 Å². The Morgan fingerprint density at radius 2 is 1.12 bits per heavy atom. The van der Waals surface area contributed by atoms with E-state index in [0.717, 1.165) is 0 Å². The molecule has 0 saturated carbocycles. The van der Waals surface area contributed by atoms with Crippen LogP contribution in [0.25, 0.3) is 0 Å². The monoisotopic (exact) mass is 362 g/mol. The predicted molar refractivity (Wildman–Crippen MR) is 47.5 cm³/mol. The van der Waals surface area contributed by atoms with Crippen LogP contribution in [0.15, 0.2) is 25.3 Å². The summed E-state index contributed by atoms with van der Waals surface area (Å²) in [6, 6.07) is 0. The van der Waals surface area contributed by atoms with E-state index in [9.17, 15) is 28.7 Å². The van der Waals surface area contributed by atoms with Crippen LogP contribution in [0.4, 0.5) is 0 Å². The summed E-state index contributed by atoms with van der Waals surface area (Å²) >= 11 is 0. The smallest absolute Gasteiger partial charge is 0.790 e. The van der Waals surface area contributed by atoms with Crippen LogP contribution in [-0.4, -0.2) is 13.2 Å². The molecule has 0 bridgehead atoms. The van der Waals surface area contributed by atoms with Crippen molar-refractivity contribution in [3.8, 4) is 0 Å². The van der Waals surface area contributed by atoms with E-state index in [1.54, 1.807) is 0 Å². The summed E-state index contributed by atoms with van der Waals surface area (Å²) in [5, 5.41) is 0. The molecule has 0 radical (unpaired) electrons. The van der Waals surface area contributed by atoms with Crippen LogP contribution < -0.4 is 19.6 Å². The van der Waals surface area contributed by atoms with Gasteiger partial charge in [0.15, 0.2) is 0 Å². The molecule has 17 heavy (non-hydrogen) atoms. The van der Waals surface area contributed by atoms with Gasteiger partial charge < -0.3 is 37.8 Å². The average molecular weight is 363 g/mol. The molecule has 0 aromatic rings. The van der Waals surface area contributed by atoms with Crippen molar-refractivity contribution in [3.05, 3.63) is 25.3 Å². The van der Waals surface area contributed by atoms with Crippen molar-refractivity contribution in [3.63, 3.8) is 0 Å².